The Morgan fingerprint density at radius 2 is 1.89 bits per heavy atom. The molecule has 0 saturated heterocycles. The highest BCUT2D eigenvalue weighted by Crippen LogP contribution is 2.57. The van der Waals surface area contributed by atoms with E-state index in [-0.39, 0.29) is 23.3 Å². The molecule has 4 nitrogen and oxygen atoms in total. The molecule has 19 heavy (non-hydrogen) atoms. The molecule has 2 aliphatic rings. The summed E-state index contributed by atoms with van der Waals surface area (Å²) < 4.78 is 10.4. The SMILES string of the molecule is C=CC(=O)OCC1CC2CCC1(COC(=O)C=C)C2. The zero-order valence-electron chi connectivity index (χ0n) is 11.1. The van der Waals surface area contributed by atoms with Gasteiger partial charge in [-0.2, -0.15) is 0 Å². The lowest BCUT2D eigenvalue weighted by molar-refractivity contribution is -0.146. The van der Waals surface area contributed by atoms with E-state index in [4.69, 9.17) is 9.47 Å². The first-order valence-corrected chi connectivity index (χ1v) is 6.68. The summed E-state index contributed by atoms with van der Waals surface area (Å²) >= 11 is 0. The molecule has 0 N–H and O–H groups in total. The molecule has 2 fully saturated rings. The van der Waals surface area contributed by atoms with E-state index in [0.717, 1.165) is 19.3 Å². The van der Waals surface area contributed by atoms with Crippen LogP contribution in [0.1, 0.15) is 25.7 Å². The minimum absolute atomic E-state index is 0.00914. The Bertz CT molecular complexity index is 401. The van der Waals surface area contributed by atoms with Crippen molar-refractivity contribution in [2.24, 2.45) is 17.3 Å². The standard InChI is InChI=1S/C15H20O4/c1-3-13(16)18-9-12-7-11-5-6-15(12,8-11)10-19-14(17)4-2/h3-4,11-12H,1-2,5-10H2. The highest BCUT2D eigenvalue weighted by Gasteiger charge is 2.52. The number of carbonyl (C=O) groups excluding carboxylic acids is 2. The summed E-state index contributed by atoms with van der Waals surface area (Å²) in [4.78, 5) is 22.4. The molecule has 0 spiro atoms. The van der Waals surface area contributed by atoms with Gasteiger partial charge in [-0.1, -0.05) is 13.2 Å². The van der Waals surface area contributed by atoms with Crippen LogP contribution in [-0.4, -0.2) is 25.2 Å². The van der Waals surface area contributed by atoms with Crippen molar-refractivity contribution in [3.05, 3.63) is 25.3 Å². The molecule has 0 heterocycles. The van der Waals surface area contributed by atoms with Gasteiger partial charge in [0.15, 0.2) is 0 Å². The van der Waals surface area contributed by atoms with Crippen LogP contribution in [0.2, 0.25) is 0 Å². The van der Waals surface area contributed by atoms with Gasteiger partial charge in [-0.15, -0.1) is 0 Å². The third kappa shape index (κ3) is 2.88. The van der Waals surface area contributed by atoms with E-state index in [1.54, 1.807) is 0 Å². The molecule has 2 aliphatic carbocycles. The predicted molar refractivity (Wildman–Crippen MR) is 70.2 cm³/mol. The van der Waals surface area contributed by atoms with E-state index < -0.39 is 0 Å². The van der Waals surface area contributed by atoms with Crippen molar-refractivity contribution >= 4 is 11.9 Å². The maximum absolute atomic E-state index is 11.2. The van der Waals surface area contributed by atoms with Crippen molar-refractivity contribution in [2.75, 3.05) is 13.2 Å². The maximum Gasteiger partial charge on any atom is 0.330 e. The molecule has 104 valence electrons. The van der Waals surface area contributed by atoms with Gasteiger partial charge in [0, 0.05) is 23.5 Å². The minimum atomic E-state index is -0.388. The quantitative estimate of drug-likeness (QED) is 0.545. The lowest BCUT2D eigenvalue weighted by Gasteiger charge is -2.34. The van der Waals surface area contributed by atoms with Crippen LogP contribution in [-0.2, 0) is 19.1 Å². The number of hydrogen-bond acceptors (Lipinski definition) is 4. The topological polar surface area (TPSA) is 52.6 Å². The van der Waals surface area contributed by atoms with Crippen LogP contribution in [0, 0.1) is 17.3 Å². The molecule has 4 heteroatoms. The van der Waals surface area contributed by atoms with Crippen molar-refractivity contribution in [1.82, 2.24) is 0 Å². The average molecular weight is 264 g/mol. The fraction of sp³-hybridized carbons (Fsp3) is 0.600. The van der Waals surface area contributed by atoms with Gasteiger partial charge in [-0.05, 0) is 31.6 Å². The van der Waals surface area contributed by atoms with Gasteiger partial charge in [-0.25, -0.2) is 9.59 Å². The van der Waals surface area contributed by atoms with Gasteiger partial charge >= 0.3 is 11.9 Å². The summed E-state index contributed by atoms with van der Waals surface area (Å²) in [5.41, 5.74) is -0.00914. The van der Waals surface area contributed by atoms with Gasteiger partial charge in [0.05, 0.1) is 13.2 Å². The molecular formula is C15H20O4. The summed E-state index contributed by atoms with van der Waals surface area (Å²) in [6, 6.07) is 0. The zero-order valence-corrected chi connectivity index (χ0v) is 11.1. The van der Waals surface area contributed by atoms with Crippen LogP contribution >= 0.6 is 0 Å². The Balaban J connectivity index is 1.94. The second-order valence-corrected chi connectivity index (χ2v) is 5.55. The molecule has 0 aliphatic heterocycles. The molecule has 2 saturated carbocycles. The zero-order chi connectivity index (χ0) is 13.9. The van der Waals surface area contributed by atoms with Crippen molar-refractivity contribution in [2.45, 2.75) is 25.7 Å². The first kappa shape index (κ1) is 13.8. The highest BCUT2D eigenvalue weighted by molar-refractivity contribution is 5.81. The molecule has 3 unspecified atom stereocenters. The number of esters is 2. The minimum Gasteiger partial charge on any atom is -0.462 e. The van der Waals surface area contributed by atoms with Gasteiger partial charge in [0.2, 0.25) is 0 Å². The Kier molecular flexibility index (Phi) is 4.08. The van der Waals surface area contributed by atoms with Crippen molar-refractivity contribution in [1.29, 1.82) is 0 Å². The molecule has 2 rings (SSSR count). The molecule has 0 amide bonds. The first-order valence-electron chi connectivity index (χ1n) is 6.68. The summed E-state index contributed by atoms with van der Waals surface area (Å²) in [5, 5.41) is 0. The van der Waals surface area contributed by atoms with Crippen LogP contribution in [0.3, 0.4) is 0 Å². The molecule has 0 radical (unpaired) electrons. The lowest BCUT2D eigenvalue weighted by Crippen LogP contribution is -2.34. The molecule has 0 aromatic heterocycles. The third-order valence-corrected chi connectivity index (χ3v) is 4.49. The van der Waals surface area contributed by atoms with E-state index in [2.05, 4.69) is 13.2 Å². The summed E-state index contributed by atoms with van der Waals surface area (Å²) in [6.07, 6.45) is 6.70. The number of ether oxygens (including phenoxy) is 2. The summed E-state index contributed by atoms with van der Waals surface area (Å²) in [6.45, 7) is 7.59. The summed E-state index contributed by atoms with van der Waals surface area (Å²) in [5.74, 6) is 0.190. The Morgan fingerprint density at radius 3 is 2.53 bits per heavy atom. The fourth-order valence-electron chi connectivity index (χ4n) is 3.50. The number of rotatable bonds is 6. The van der Waals surface area contributed by atoms with Crippen LogP contribution in [0.5, 0.6) is 0 Å². The molecule has 3 atom stereocenters. The lowest BCUT2D eigenvalue weighted by atomic mass is 9.76. The van der Waals surface area contributed by atoms with Crippen molar-refractivity contribution in [3.8, 4) is 0 Å². The van der Waals surface area contributed by atoms with E-state index in [9.17, 15) is 9.59 Å². The van der Waals surface area contributed by atoms with Crippen LogP contribution in [0.4, 0.5) is 0 Å². The Labute approximate surface area is 113 Å². The van der Waals surface area contributed by atoms with Gasteiger partial charge < -0.3 is 9.47 Å². The predicted octanol–water partition coefficient (Wildman–Crippen LogP) is 2.25. The van der Waals surface area contributed by atoms with Crippen molar-refractivity contribution < 1.29 is 19.1 Å². The maximum atomic E-state index is 11.2. The monoisotopic (exact) mass is 264 g/mol. The number of hydrogen-bond donors (Lipinski definition) is 0. The van der Waals surface area contributed by atoms with E-state index in [0.29, 0.717) is 19.1 Å². The Hall–Kier alpha value is -1.58. The summed E-state index contributed by atoms with van der Waals surface area (Å²) in [7, 11) is 0. The van der Waals surface area contributed by atoms with Crippen LogP contribution in [0.15, 0.2) is 25.3 Å². The van der Waals surface area contributed by atoms with E-state index >= 15 is 0 Å². The smallest absolute Gasteiger partial charge is 0.330 e. The number of fused-ring (bicyclic) bond motifs is 2. The first-order chi connectivity index (χ1) is 9.09. The third-order valence-electron chi connectivity index (χ3n) is 4.49. The second-order valence-electron chi connectivity index (χ2n) is 5.55. The molecular weight excluding hydrogens is 244 g/mol. The normalized spacial score (nSPS) is 31.8. The van der Waals surface area contributed by atoms with Gasteiger partial charge in [-0.3, -0.25) is 0 Å². The number of carbonyl (C=O) groups is 2. The van der Waals surface area contributed by atoms with E-state index in [1.165, 1.54) is 18.6 Å². The van der Waals surface area contributed by atoms with Crippen LogP contribution in [0.25, 0.3) is 0 Å². The van der Waals surface area contributed by atoms with Crippen LogP contribution < -0.4 is 0 Å². The van der Waals surface area contributed by atoms with Gasteiger partial charge in [0.25, 0.3) is 0 Å². The Morgan fingerprint density at radius 1 is 1.21 bits per heavy atom. The van der Waals surface area contributed by atoms with Crippen molar-refractivity contribution in [3.63, 3.8) is 0 Å². The molecule has 0 aromatic carbocycles. The average Bonchev–Trinajstić information content (AvgIpc) is 3.00. The highest BCUT2D eigenvalue weighted by atomic mass is 16.5. The fourth-order valence-corrected chi connectivity index (χ4v) is 3.50. The molecule has 0 aromatic rings. The molecule has 2 bridgehead atoms. The largest absolute Gasteiger partial charge is 0.462 e. The van der Waals surface area contributed by atoms with E-state index in [1.807, 2.05) is 0 Å². The van der Waals surface area contributed by atoms with Gasteiger partial charge in [0.1, 0.15) is 0 Å². The second kappa shape index (κ2) is 5.59.